The van der Waals surface area contributed by atoms with E-state index in [4.69, 9.17) is 4.42 Å². The lowest BCUT2D eigenvalue weighted by atomic mass is 10.2. The van der Waals surface area contributed by atoms with Crippen LogP contribution in [0, 0.1) is 3.57 Å². The van der Waals surface area contributed by atoms with E-state index < -0.39 is 0 Å². The smallest absolute Gasteiger partial charge is 0.319 e. The number of anilines is 1. The second-order valence-corrected chi connectivity index (χ2v) is 5.09. The molecule has 1 heterocycles. The SMILES string of the molecule is CC(NC(=O)Nc1ccc(I)cc1)c1ccco1. The van der Waals surface area contributed by atoms with Crippen LogP contribution in [0.4, 0.5) is 10.5 Å². The summed E-state index contributed by atoms with van der Waals surface area (Å²) in [6, 6.07) is 10.8. The molecule has 5 heteroatoms. The molecule has 0 saturated heterocycles. The maximum atomic E-state index is 11.7. The van der Waals surface area contributed by atoms with E-state index in [-0.39, 0.29) is 12.1 Å². The Morgan fingerprint density at radius 1 is 1.28 bits per heavy atom. The first-order valence-electron chi connectivity index (χ1n) is 5.51. The van der Waals surface area contributed by atoms with E-state index in [1.54, 1.807) is 12.3 Å². The zero-order valence-corrected chi connectivity index (χ0v) is 12.0. The molecule has 94 valence electrons. The monoisotopic (exact) mass is 356 g/mol. The van der Waals surface area contributed by atoms with Crippen LogP contribution < -0.4 is 10.6 Å². The predicted molar refractivity (Wildman–Crippen MR) is 78.4 cm³/mol. The number of halogens is 1. The molecular weight excluding hydrogens is 343 g/mol. The Labute approximate surface area is 119 Å². The van der Waals surface area contributed by atoms with Gasteiger partial charge in [-0.3, -0.25) is 0 Å². The Balaban J connectivity index is 1.91. The van der Waals surface area contributed by atoms with Gasteiger partial charge < -0.3 is 15.1 Å². The van der Waals surface area contributed by atoms with Crippen LogP contribution in [-0.4, -0.2) is 6.03 Å². The zero-order valence-electron chi connectivity index (χ0n) is 9.81. The summed E-state index contributed by atoms with van der Waals surface area (Å²) >= 11 is 2.22. The lowest BCUT2D eigenvalue weighted by Gasteiger charge is -2.12. The Morgan fingerprint density at radius 3 is 2.61 bits per heavy atom. The van der Waals surface area contributed by atoms with Crippen LogP contribution in [0.1, 0.15) is 18.7 Å². The van der Waals surface area contributed by atoms with Gasteiger partial charge in [-0.2, -0.15) is 0 Å². The maximum absolute atomic E-state index is 11.7. The van der Waals surface area contributed by atoms with E-state index in [9.17, 15) is 4.79 Å². The second kappa shape index (κ2) is 5.90. The molecule has 1 aromatic heterocycles. The standard InChI is InChI=1S/C13H13IN2O2/c1-9(12-3-2-8-18-12)15-13(17)16-11-6-4-10(14)5-7-11/h2-9H,1H3,(H2,15,16,17). The first-order valence-corrected chi connectivity index (χ1v) is 6.59. The summed E-state index contributed by atoms with van der Waals surface area (Å²) in [5.74, 6) is 0.729. The highest BCUT2D eigenvalue weighted by atomic mass is 127. The molecule has 0 aliphatic rings. The van der Waals surface area contributed by atoms with Crippen molar-refractivity contribution >= 4 is 34.3 Å². The highest BCUT2D eigenvalue weighted by molar-refractivity contribution is 14.1. The molecule has 0 bridgehead atoms. The Morgan fingerprint density at radius 2 is 2.00 bits per heavy atom. The van der Waals surface area contributed by atoms with Gasteiger partial charge in [0.25, 0.3) is 0 Å². The Bertz CT molecular complexity index is 508. The molecule has 1 aromatic carbocycles. The number of urea groups is 1. The summed E-state index contributed by atoms with van der Waals surface area (Å²) < 4.78 is 6.35. The highest BCUT2D eigenvalue weighted by Crippen LogP contribution is 2.14. The normalized spacial score (nSPS) is 11.9. The minimum absolute atomic E-state index is 0.163. The number of benzene rings is 1. The summed E-state index contributed by atoms with van der Waals surface area (Å²) in [7, 11) is 0. The molecule has 2 amide bonds. The van der Waals surface area contributed by atoms with Gasteiger partial charge in [-0.05, 0) is 65.9 Å². The number of nitrogens with one attached hydrogen (secondary N) is 2. The minimum atomic E-state index is -0.250. The number of hydrogen-bond acceptors (Lipinski definition) is 2. The maximum Gasteiger partial charge on any atom is 0.319 e. The van der Waals surface area contributed by atoms with Crippen molar-refractivity contribution in [3.63, 3.8) is 0 Å². The van der Waals surface area contributed by atoms with Crippen LogP contribution in [0.3, 0.4) is 0 Å². The van der Waals surface area contributed by atoms with E-state index in [0.717, 1.165) is 15.0 Å². The van der Waals surface area contributed by atoms with Gasteiger partial charge in [0.2, 0.25) is 0 Å². The summed E-state index contributed by atoms with van der Waals surface area (Å²) in [6.07, 6.45) is 1.59. The summed E-state index contributed by atoms with van der Waals surface area (Å²) in [5.41, 5.74) is 0.763. The van der Waals surface area contributed by atoms with E-state index in [0.29, 0.717) is 0 Å². The average molecular weight is 356 g/mol. The van der Waals surface area contributed by atoms with Crippen LogP contribution in [0.5, 0.6) is 0 Å². The second-order valence-electron chi connectivity index (χ2n) is 3.84. The van der Waals surface area contributed by atoms with Crippen molar-refractivity contribution in [2.75, 3.05) is 5.32 Å². The Kier molecular flexibility index (Phi) is 4.24. The molecule has 0 saturated carbocycles. The first-order chi connectivity index (χ1) is 8.65. The van der Waals surface area contributed by atoms with Gasteiger partial charge in [0.1, 0.15) is 5.76 Å². The molecule has 0 radical (unpaired) electrons. The quantitative estimate of drug-likeness (QED) is 0.823. The fraction of sp³-hybridized carbons (Fsp3) is 0.154. The molecule has 18 heavy (non-hydrogen) atoms. The van der Waals surface area contributed by atoms with Gasteiger partial charge in [0.05, 0.1) is 12.3 Å². The van der Waals surface area contributed by atoms with Gasteiger partial charge in [0, 0.05) is 9.26 Å². The summed E-state index contributed by atoms with van der Waals surface area (Å²) in [4.78, 5) is 11.7. The number of amides is 2. The van der Waals surface area contributed by atoms with Gasteiger partial charge in [-0.1, -0.05) is 0 Å². The molecule has 4 nitrogen and oxygen atoms in total. The fourth-order valence-electron chi connectivity index (χ4n) is 1.51. The predicted octanol–water partition coefficient (Wildman–Crippen LogP) is 3.77. The van der Waals surface area contributed by atoms with Crippen molar-refractivity contribution in [3.05, 3.63) is 52.0 Å². The van der Waals surface area contributed by atoms with Crippen LogP contribution in [0.2, 0.25) is 0 Å². The fourth-order valence-corrected chi connectivity index (χ4v) is 1.87. The van der Waals surface area contributed by atoms with Crippen molar-refractivity contribution < 1.29 is 9.21 Å². The molecular formula is C13H13IN2O2. The molecule has 2 rings (SSSR count). The van der Waals surface area contributed by atoms with Crippen LogP contribution >= 0.6 is 22.6 Å². The van der Waals surface area contributed by atoms with Crippen LogP contribution in [-0.2, 0) is 0 Å². The van der Waals surface area contributed by atoms with E-state index in [1.165, 1.54) is 0 Å². The minimum Gasteiger partial charge on any atom is -0.467 e. The van der Waals surface area contributed by atoms with E-state index in [1.807, 2.05) is 37.3 Å². The number of hydrogen-bond donors (Lipinski definition) is 2. The third-order valence-electron chi connectivity index (χ3n) is 2.42. The molecule has 0 aliphatic heterocycles. The highest BCUT2D eigenvalue weighted by Gasteiger charge is 2.11. The van der Waals surface area contributed by atoms with Crippen LogP contribution in [0.25, 0.3) is 0 Å². The van der Waals surface area contributed by atoms with Gasteiger partial charge in [0.15, 0.2) is 0 Å². The molecule has 0 spiro atoms. The van der Waals surface area contributed by atoms with Crippen molar-refractivity contribution in [2.45, 2.75) is 13.0 Å². The molecule has 2 N–H and O–H groups in total. The molecule has 2 aromatic rings. The van der Waals surface area contributed by atoms with Gasteiger partial charge >= 0.3 is 6.03 Å². The van der Waals surface area contributed by atoms with E-state index >= 15 is 0 Å². The van der Waals surface area contributed by atoms with Crippen LogP contribution in [0.15, 0.2) is 47.1 Å². The topological polar surface area (TPSA) is 54.3 Å². The molecule has 0 aliphatic carbocycles. The lowest BCUT2D eigenvalue weighted by molar-refractivity contribution is 0.247. The zero-order chi connectivity index (χ0) is 13.0. The lowest BCUT2D eigenvalue weighted by Crippen LogP contribution is -2.30. The molecule has 1 unspecified atom stereocenters. The number of carbonyl (C=O) groups is 1. The molecule has 0 fully saturated rings. The van der Waals surface area contributed by atoms with Crippen molar-refractivity contribution in [2.24, 2.45) is 0 Å². The Hall–Kier alpha value is -1.50. The van der Waals surface area contributed by atoms with Gasteiger partial charge in [-0.15, -0.1) is 0 Å². The van der Waals surface area contributed by atoms with Crippen molar-refractivity contribution in [3.8, 4) is 0 Å². The first kappa shape index (κ1) is 12.9. The number of furan rings is 1. The summed E-state index contributed by atoms with van der Waals surface area (Å²) in [5, 5.41) is 5.57. The van der Waals surface area contributed by atoms with Crippen molar-refractivity contribution in [1.82, 2.24) is 5.32 Å². The van der Waals surface area contributed by atoms with E-state index in [2.05, 4.69) is 33.2 Å². The third kappa shape index (κ3) is 3.49. The summed E-state index contributed by atoms with van der Waals surface area (Å²) in [6.45, 7) is 1.87. The van der Waals surface area contributed by atoms with Gasteiger partial charge in [-0.25, -0.2) is 4.79 Å². The largest absolute Gasteiger partial charge is 0.467 e. The third-order valence-corrected chi connectivity index (χ3v) is 3.14. The molecule has 1 atom stereocenters. The number of rotatable bonds is 3. The number of carbonyl (C=O) groups excluding carboxylic acids is 1. The average Bonchev–Trinajstić information content (AvgIpc) is 2.85. The van der Waals surface area contributed by atoms with Crippen molar-refractivity contribution in [1.29, 1.82) is 0 Å².